The second-order valence-electron chi connectivity index (χ2n) is 9.72. The second-order valence-corrected chi connectivity index (χ2v) is 10.8. The number of nitrogens with zero attached hydrogens (tertiary/aromatic N) is 2. The number of rotatable bonds is 7. The smallest absolute Gasteiger partial charge is 0.270 e. The lowest BCUT2D eigenvalue weighted by molar-refractivity contribution is -0.0766. The minimum atomic E-state index is -0.102. The van der Waals surface area contributed by atoms with Crippen molar-refractivity contribution in [3.63, 3.8) is 0 Å². The number of nitrogens with one attached hydrogen (secondary N) is 1. The molecule has 1 N–H and O–H groups in total. The molecule has 4 heterocycles. The summed E-state index contributed by atoms with van der Waals surface area (Å²) < 4.78 is 17.4. The van der Waals surface area contributed by atoms with Crippen LogP contribution < -0.4 is 14.8 Å². The van der Waals surface area contributed by atoms with Crippen molar-refractivity contribution in [2.24, 2.45) is 5.92 Å². The molecule has 5 rings (SSSR count). The molecule has 2 atom stereocenters. The first kappa shape index (κ1) is 22.6. The molecule has 0 radical (unpaired) electrons. The highest BCUT2D eigenvalue weighted by Gasteiger charge is 2.42. The summed E-state index contributed by atoms with van der Waals surface area (Å²) in [7, 11) is 0. The zero-order valence-corrected chi connectivity index (χ0v) is 20.3. The molecule has 0 saturated carbocycles. The van der Waals surface area contributed by atoms with Gasteiger partial charge in [-0.05, 0) is 62.6 Å². The number of ether oxygens (including phenoxy) is 3. The van der Waals surface area contributed by atoms with E-state index in [0.717, 1.165) is 68.2 Å². The molecule has 0 aliphatic carbocycles. The average molecular weight is 472 g/mol. The fourth-order valence-corrected chi connectivity index (χ4v) is 5.88. The fourth-order valence-electron chi connectivity index (χ4n) is 5.29. The van der Waals surface area contributed by atoms with Crippen LogP contribution in [0, 0.1) is 12.8 Å². The number of aryl methyl sites for hydroxylation is 1. The highest BCUT2D eigenvalue weighted by Crippen LogP contribution is 2.39. The zero-order chi connectivity index (χ0) is 22.8. The molecule has 3 aliphatic rings. The summed E-state index contributed by atoms with van der Waals surface area (Å²) in [4.78, 5) is 19.1. The van der Waals surface area contributed by atoms with Gasteiger partial charge in [-0.2, -0.15) is 0 Å². The number of fused-ring (bicyclic) bond motifs is 1. The predicted molar refractivity (Wildman–Crippen MR) is 127 cm³/mol. The van der Waals surface area contributed by atoms with Crippen LogP contribution in [0.3, 0.4) is 0 Å². The highest BCUT2D eigenvalue weighted by atomic mass is 32.1. The summed E-state index contributed by atoms with van der Waals surface area (Å²) in [6, 6.07) is 6.28. The molecule has 3 aliphatic heterocycles. The van der Waals surface area contributed by atoms with Crippen molar-refractivity contribution in [1.82, 2.24) is 15.2 Å². The number of thiazole rings is 1. The van der Waals surface area contributed by atoms with E-state index in [1.54, 1.807) is 0 Å². The molecular formula is C25H33N3O4S. The number of aromatic nitrogens is 1. The Labute approximate surface area is 199 Å². The molecule has 2 fully saturated rings. The molecule has 2 saturated heterocycles. The molecule has 7 nitrogen and oxygen atoms in total. The first-order valence-electron chi connectivity index (χ1n) is 12.0. The van der Waals surface area contributed by atoms with E-state index in [4.69, 9.17) is 14.2 Å². The number of likely N-dealkylation sites (tertiary alicyclic amines) is 1. The third-order valence-corrected chi connectivity index (χ3v) is 7.81. The SMILES string of the molecule is Cc1nc(C(=O)NCC2CCC3(CCN(CC(C)Cc4ccc5c(c4)OCO5)CC3)O2)cs1. The van der Waals surface area contributed by atoms with Crippen molar-refractivity contribution >= 4 is 17.2 Å². The molecule has 0 bridgehead atoms. The van der Waals surface area contributed by atoms with E-state index in [1.165, 1.54) is 16.9 Å². The standard InChI is InChI=1S/C25H33N3O4S/c1-17(11-19-3-4-22-23(12-19)31-16-30-22)14-28-9-7-25(8-10-28)6-5-20(32-25)13-26-24(29)21-15-33-18(2)27-21/h3-4,12,15,17,20H,5-11,13-14,16H2,1-2H3,(H,26,29). The maximum atomic E-state index is 12.3. The van der Waals surface area contributed by atoms with E-state index in [-0.39, 0.29) is 17.6 Å². The lowest BCUT2D eigenvalue weighted by atomic mass is 9.88. The Hall–Kier alpha value is -2.16. The summed E-state index contributed by atoms with van der Waals surface area (Å²) in [6.45, 7) is 8.36. The van der Waals surface area contributed by atoms with Gasteiger partial charge in [0.25, 0.3) is 5.91 Å². The Kier molecular flexibility index (Phi) is 6.58. The van der Waals surface area contributed by atoms with Crippen LogP contribution in [0.25, 0.3) is 0 Å². The molecule has 1 amide bonds. The summed E-state index contributed by atoms with van der Waals surface area (Å²) in [6.07, 6.45) is 5.37. The zero-order valence-electron chi connectivity index (χ0n) is 19.5. The molecule has 2 unspecified atom stereocenters. The summed E-state index contributed by atoms with van der Waals surface area (Å²) >= 11 is 1.50. The number of hydrogen-bond acceptors (Lipinski definition) is 7. The molecular weight excluding hydrogens is 438 g/mol. The summed E-state index contributed by atoms with van der Waals surface area (Å²) in [5.41, 5.74) is 1.80. The van der Waals surface area contributed by atoms with Gasteiger partial charge in [-0.3, -0.25) is 4.79 Å². The van der Waals surface area contributed by atoms with Gasteiger partial charge in [-0.25, -0.2) is 4.98 Å². The van der Waals surface area contributed by atoms with Gasteiger partial charge in [0.1, 0.15) is 5.69 Å². The molecule has 1 aromatic heterocycles. The van der Waals surface area contributed by atoms with Crippen LogP contribution in [0.15, 0.2) is 23.6 Å². The summed E-state index contributed by atoms with van der Waals surface area (Å²) in [5.74, 6) is 2.18. The molecule has 1 aromatic carbocycles. The monoisotopic (exact) mass is 471 g/mol. The summed E-state index contributed by atoms with van der Waals surface area (Å²) in [5, 5.41) is 5.72. The fraction of sp³-hybridized carbons (Fsp3) is 0.600. The first-order valence-corrected chi connectivity index (χ1v) is 12.8. The molecule has 1 spiro atoms. The van der Waals surface area contributed by atoms with E-state index >= 15 is 0 Å². The number of carbonyl (C=O) groups excluding carboxylic acids is 1. The van der Waals surface area contributed by atoms with E-state index < -0.39 is 0 Å². The number of amides is 1. The highest BCUT2D eigenvalue weighted by molar-refractivity contribution is 7.09. The van der Waals surface area contributed by atoms with Gasteiger partial charge in [0.15, 0.2) is 11.5 Å². The lowest BCUT2D eigenvalue weighted by Crippen LogP contribution is -2.46. The van der Waals surface area contributed by atoms with Crippen LogP contribution in [-0.2, 0) is 11.2 Å². The van der Waals surface area contributed by atoms with E-state index in [9.17, 15) is 4.79 Å². The number of piperidine rings is 1. The normalized spacial score (nSPS) is 22.5. The van der Waals surface area contributed by atoms with Crippen LogP contribution in [0.4, 0.5) is 0 Å². The van der Waals surface area contributed by atoms with E-state index in [1.807, 2.05) is 18.4 Å². The van der Waals surface area contributed by atoms with Crippen molar-refractivity contribution in [2.45, 2.75) is 57.7 Å². The quantitative estimate of drug-likeness (QED) is 0.662. The average Bonchev–Trinajstić information content (AvgIpc) is 3.54. The molecule has 2 aromatic rings. The Morgan fingerprint density at radius 1 is 1.27 bits per heavy atom. The van der Waals surface area contributed by atoms with Gasteiger partial charge in [0.05, 0.1) is 16.7 Å². The predicted octanol–water partition coefficient (Wildman–Crippen LogP) is 3.80. The van der Waals surface area contributed by atoms with Gasteiger partial charge in [-0.1, -0.05) is 13.0 Å². The van der Waals surface area contributed by atoms with Gasteiger partial charge in [-0.15, -0.1) is 11.3 Å². The number of hydrogen-bond donors (Lipinski definition) is 1. The van der Waals surface area contributed by atoms with Crippen molar-refractivity contribution in [3.8, 4) is 11.5 Å². The maximum absolute atomic E-state index is 12.3. The Bertz CT molecular complexity index is 986. The molecule has 8 heteroatoms. The van der Waals surface area contributed by atoms with Crippen LogP contribution in [0.1, 0.15) is 53.7 Å². The minimum absolute atomic E-state index is 0.0102. The first-order chi connectivity index (χ1) is 16.0. The van der Waals surface area contributed by atoms with Crippen molar-refractivity contribution in [3.05, 3.63) is 39.8 Å². The van der Waals surface area contributed by atoms with Crippen molar-refractivity contribution < 1.29 is 19.0 Å². The van der Waals surface area contributed by atoms with Gasteiger partial charge in [0.2, 0.25) is 6.79 Å². The Morgan fingerprint density at radius 2 is 2.09 bits per heavy atom. The lowest BCUT2D eigenvalue weighted by Gasteiger charge is -2.40. The van der Waals surface area contributed by atoms with Crippen LogP contribution in [0.2, 0.25) is 0 Å². The topological polar surface area (TPSA) is 72.9 Å². The third-order valence-electron chi connectivity index (χ3n) is 7.04. The minimum Gasteiger partial charge on any atom is -0.454 e. The van der Waals surface area contributed by atoms with E-state index in [0.29, 0.717) is 24.9 Å². The van der Waals surface area contributed by atoms with Crippen LogP contribution in [-0.4, -0.2) is 60.5 Å². The van der Waals surface area contributed by atoms with E-state index in [2.05, 4.69) is 34.3 Å². The third kappa shape index (κ3) is 5.34. The van der Waals surface area contributed by atoms with Crippen molar-refractivity contribution in [1.29, 1.82) is 0 Å². The van der Waals surface area contributed by atoms with Gasteiger partial charge >= 0.3 is 0 Å². The van der Waals surface area contributed by atoms with Crippen LogP contribution >= 0.6 is 11.3 Å². The van der Waals surface area contributed by atoms with Gasteiger partial charge < -0.3 is 24.4 Å². The number of carbonyl (C=O) groups is 1. The Morgan fingerprint density at radius 3 is 2.88 bits per heavy atom. The van der Waals surface area contributed by atoms with Crippen LogP contribution in [0.5, 0.6) is 11.5 Å². The van der Waals surface area contributed by atoms with Crippen molar-refractivity contribution in [2.75, 3.05) is 33.0 Å². The Balaban J connectivity index is 1.04. The molecule has 178 valence electrons. The maximum Gasteiger partial charge on any atom is 0.270 e. The largest absolute Gasteiger partial charge is 0.454 e. The van der Waals surface area contributed by atoms with Gasteiger partial charge in [0, 0.05) is 31.6 Å². The molecule has 33 heavy (non-hydrogen) atoms. The second kappa shape index (κ2) is 9.60. The number of benzene rings is 1.